The van der Waals surface area contributed by atoms with E-state index in [1.165, 1.54) is 29.2 Å². The van der Waals surface area contributed by atoms with Gasteiger partial charge in [-0.3, -0.25) is 9.69 Å². The molecule has 3 saturated heterocycles. The molecule has 32 heavy (non-hydrogen) atoms. The van der Waals surface area contributed by atoms with Crippen molar-refractivity contribution in [3.05, 3.63) is 29.8 Å². The SMILES string of the molecule is COCCCN1C(=O)N(Cc2ccc(OC)cc2)C(=O)C12CCN(C1CCSCC1)CC2. The number of imide groups is 1. The van der Waals surface area contributed by atoms with E-state index in [0.29, 0.717) is 38.6 Å². The molecule has 0 atom stereocenters. The molecule has 3 amide bonds. The number of amides is 3. The van der Waals surface area contributed by atoms with Gasteiger partial charge in [-0.15, -0.1) is 0 Å². The fraction of sp³-hybridized carbons (Fsp3) is 0.667. The number of rotatable bonds is 8. The van der Waals surface area contributed by atoms with Crippen LogP contribution < -0.4 is 4.74 Å². The van der Waals surface area contributed by atoms with E-state index in [4.69, 9.17) is 9.47 Å². The summed E-state index contributed by atoms with van der Waals surface area (Å²) < 4.78 is 10.5. The molecule has 0 unspecified atom stereocenters. The number of likely N-dealkylation sites (tertiary alicyclic amines) is 1. The largest absolute Gasteiger partial charge is 0.497 e. The zero-order valence-electron chi connectivity index (χ0n) is 19.3. The van der Waals surface area contributed by atoms with Crippen LogP contribution in [0.15, 0.2) is 24.3 Å². The number of methoxy groups -OCH3 is 2. The second-order valence-electron chi connectivity index (χ2n) is 8.93. The highest BCUT2D eigenvalue weighted by Crippen LogP contribution is 2.39. The monoisotopic (exact) mass is 461 g/mol. The van der Waals surface area contributed by atoms with Gasteiger partial charge in [-0.2, -0.15) is 11.8 Å². The summed E-state index contributed by atoms with van der Waals surface area (Å²) in [6.07, 6.45) is 4.62. The average molecular weight is 462 g/mol. The number of nitrogens with zero attached hydrogens (tertiary/aromatic N) is 3. The Kier molecular flexibility index (Phi) is 7.63. The molecule has 3 fully saturated rings. The first-order valence-corrected chi connectivity index (χ1v) is 12.8. The lowest BCUT2D eigenvalue weighted by molar-refractivity contribution is -0.136. The Balaban J connectivity index is 1.50. The topological polar surface area (TPSA) is 62.3 Å². The fourth-order valence-corrected chi connectivity index (χ4v) is 6.39. The highest BCUT2D eigenvalue weighted by atomic mass is 32.2. The van der Waals surface area contributed by atoms with E-state index in [-0.39, 0.29) is 11.9 Å². The molecule has 4 rings (SSSR count). The number of carbonyl (C=O) groups is 2. The Morgan fingerprint density at radius 2 is 1.75 bits per heavy atom. The fourth-order valence-electron chi connectivity index (χ4n) is 5.31. The van der Waals surface area contributed by atoms with Crippen LogP contribution in [-0.2, 0) is 16.1 Å². The zero-order chi connectivity index (χ0) is 22.6. The molecule has 8 heteroatoms. The van der Waals surface area contributed by atoms with Crippen molar-refractivity contribution in [2.45, 2.75) is 50.2 Å². The van der Waals surface area contributed by atoms with E-state index in [2.05, 4.69) is 4.90 Å². The summed E-state index contributed by atoms with van der Waals surface area (Å²) in [6.45, 7) is 3.20. The summed E-state index contributed by atoms with van der Waals surface area (Å²) in [5.41, 5.74) is 0.218. The smallest absolute Gasteiger partial charge is 0.327 e. The molecule has 7 nitrogen and oxygen atoms in total. The molecule has 0 aromatic heterocycles. The van der Waals surface area contributed by atoms with Crippen LogP contribution in [0.1, 0.15) is 37.7 Å². The maximum atomic E-state index is 13.7. The van der Waals surface area contributed by atoms with Crippen molar-refractivity contribution in [3.63, 3.8) is 0 Å². The lowest BCUT2D eigenvalue weighted by Gasteiger charge is -2.45. The van der Waals surface area contributed by atoms with Gasteiger partial charge < -0.3 is 19.3 Å². The third kappa shape index (κ3) is 4.63. The summed E-state index contributed by atoms with van der Waals surface area (Å²) in [6, 6.07) is 8.04. The summed E-state index contributed by atoms with van der Waals surface area (Å²) >= 11 is 2.04. The molecule has 0 saturated carbocycles. The van der Waals surface area contributed by atoms with Crippen molar-refractivity contribution in [2.24, 2.45) is 0 Å². The van der Waals surface area contributed by atoms with Crippen LogP contribution >= 0.6 is 11.8 Å². The number of carbonyl (C=O) groups excluding carboxylic acids is 2. The standard InChI is InChI=1S/C24H35N3O4S/c1-30-15-3-12-27-23(29)26(18-19-4-6-21(31-2)7-5-19)22(28)24(27)10-13-25(14-11-24)20-8-16-32-17-9-20/h4-7,20H,3,8-18H2,1-2H3. The van der Waals surface area contributed by atoms with Gasteiger partial charge in [0.2, 0.25) is 0 Å². The summed E-state index contributed by atoms with van der Waals surface area (Å²) in [5, 5.41) is 0. The number of urea groups is 1. The van der Waals surface area contributed by atoms with Crippen LogP contribution in [0.4, 0.5) is 4.79 Å². The van der Waals surface area contributed by atoms with Crippen molar-refractivity contribution in [2.75, 3.05) is 52.0 Å². The molecule has 1 aromatic rings. The van der Waals surface area contributed by atoms with E-state index in [1.54, 1.807) is 14.2 Å². The van der Waals surface area contributed by atoms with Crippen molar-refractivity contribution in [1.29, 1.82) is 0 Å². The van der Waals surface area contributed by atoms with E-state index in [0.717, 1.165) is 30.8 Å². The van der Waals surface area contributed by atoms with Gasteiger partial charge in [0, 0.05) is 39.4 Å². The first kappa shape index (κ1) is 23.4. The molecule has 3 aliphatic rings. The van der Waals surface area contributed by atoms with Gasteiger partial charge in [-0.05, 0) is 61.3 Å². The summed E-state index contributed by atoms with van der Waals surface area (Å²) in [4.78, 5) is 33.0. The quantitative estimate of drug-likeness (QED) is 0.438. The number of thioether (sulfide) groups is 1. The van der Waals surface area contributed by atoms with Crippen LogP contribution in [-0.4, -0.2) is 90.2 Å². The molecule has 3 aliphatic heterocycles. The summed E-state index contributed by atoms with van der Waals surface area (Å²) in [5.74, 6) is 3.18. The van der Waals surface area contributed by atoms with Gasteiger partial charge in [-0.25, -0.2) is 4.79 Å². The molecule has 0 N–H and O–H groups in total. The van der Waals surface area contributed by atoms with Crippen molar-refractivity contribution < 1.29 is 19.1 Å². The molecule has 1 aromatic carbocycles. The van der Waals surface area contributed by atoms with E-state index in [1.807, 2.05) is 40.9 Å². The molecule has 176 valence electrons. The van der Waals surface area contributed by atoms with E-state index >= 15 is 0 Å². The Bertz CT molecular complexity index is 789. The number of piperidine rings is 1. The van der Waals surface area contributed by atoms with Crippen LogP contribution in [0.5, 0.6) is 5.75 Å². The second-order valence-corrected chi connectivity index (χ2v) is 10.2. The van der Waals surface area contributed by atoms with Gasteiger partial charge in [0.15, 0.2) is 0 Å². The van der Waals surface area contributed by atoms with Crippen LogP contribution in [0.3, 0.4) is 0 Å². The minimum absolute atomic E-state index is 0.0328. The zero-order valence-corrected chi connectivity index (χ0v) is 20.1. The molecule has 0 radical (unpaired) electrons. The van der Waals surface area contributed by atoms with Gasteiger partial charge in [0.05, 0.1) is 13.7 Å². The minimum Gasteiger partial charge on any atom is -0.497 e. The lowest BCUT2D eigenvalue weighted by atomic mass is 9.84. The average Bonchev–Trinajstić information content (AvgIpc) is 3.02. The third-order valence-electron chi connectivity index (χ3n) is 7.18. The highest BCUT2D eigenvalue weighted by Gasteiger charge is 2.57. The Morgan fingerprint density at radius 3 is 2.38 bits per heavy atom. The number of ether oxygens (including phenoxy) is 2. The van der Waals surface area contributed by atoms with Crippen molar-refractivity contribution in [3.8, 4) is 5.75 Å². The third-order valence-corrected chi connectivity index (χ3v) is 8.23. The second kappa shape index (κ2) is 10.4. The van der Waals surface area contributed by atoms with Crippen LogP contribution in [0.2, 0.25) is 0 Å². The Labute approximate surface area is 195 Å². The number of benzene rings is 1. The van der Waals surface area contributed by atoms with Crippen molar-refractivity contribution in [1.82, 2.24) is 14.7 Å². The van der Waals surface area contributed by atoms with E-state index in [9.17, 15) is 9.59 Å². The minimum atomic E-state index is -0.711. The number of hydrogen-bond donors (Lipinski definition) is 0. The maximum Gasteiger partial charge on any atom is 0.327 e. The predicted molar refractivity (Wildman–Crippen MR) is 126 cm³/mol. The maximum absolute atomic E-state index is 13.7. The number of hydrogen-bond acceptors (Lipinski definition) is 6. The normalized spacial score (nSPS) is 22.2. The lowest BCUT2D eigenvalue weighted by Crippen LogP contribution is -2.58. The highest BCUT2D eigenvalue weighted by molar-refractivity contribution is 7.99. The van der Waals surface area contributed by atoms with Crippen LogP contribution in [0.25, 0.3) is 0 Å². The van der Waals surface area contributed by atoms with E-state index < -0.39 is 5.54 Å². The van der Waals surface area contributed by atoms with Crippen molar-refractivity contribution >= 4 is 23.7 Å². The van der Waals surface area contributed by atoms with Gasteiger partial charge in [0.25, 0.3) is 5.91 Å². The Hall–Kier alpha value is -1.77. The first-order valence-electron chi connectivity index (χ1n) is 11.7. The van der Waals surface area contributed by atoms with Crippen LogP contribution in [0, 0.1) is 0 Å². The molecular formula is C24H35N3O4S. The molecule has 3 heterocycles. The molecular weight excluding hydrogens is 426 g/mol. The molecule has 0 aliphatic carbocycles. The van der Waals surface area contributed by atoms with Gasteiger partial charge >= 0.3 is 6.03 Å². The summed E-state index contributed by atoms with van der Waals surface area (Å²) in [7, 11) is 3.30. The predicted octanol–water partition coefficient (Wildman–Crippen LogP) is 3.23. The first-order chi connectivity index (χ1) is 15.6. The molecule has 1 spiro atoms. The Morgan fingerprint density at radius 1 is 1.06 bits per heavy atom. The van der Waals surface area contributed by atoms with Gasteiger partial charge in [-0.1, -0.05) is 12.1 Å². The van der Waals surface area contributed by atoms with Gasteiger partial charge in [0.1, 0.15) is 11.3 Å². The molecule has 0 bridgehead atoms.